The molecule has 5 aromatic carbocycles. The second kappa shape index (κ2) is 22.0. The molecule has 11 nitrogen and oxygen atoms in total. The zero-order chi connectivity index (χ0) is 42.5. The van der Waals surface area contributed by atoms with E-state index in [0.717, 1.165) is 27.8 Å². The maximum atomic E-state index is 13.1. The minimum Gasteiger partial charge on any atom is -0.457 e. The van der Waals surface area contributed by atoms with Gasteiger partial charge in [0.15, 0.2) is 18.7 Å². The molecule has 0 bridgehead atoms. The Morgan fingerprint density at radius 1 is 0.581 bits per heavy atom. The molecule has 2 heterocycles. The van der Waals surface area contributed by atoms with E-state index in [1.807, 2.05) is 152 Å². The average Bonchev–Trinajstić information content (AvgIpc) is 3.32. The van der Waals surface area contributed by atoms with Crippen LogP contribution in [0.15, 0.2) is 152 Å². The second-order valence-electron chi connectivity index (χ2n) is 15.9. The lowest BCUT2D eigenvalue weighted by Gasteiger charge is -2.51. The zero-order valence-electron chi connectivity index (χ0n) is 35.2. The molecule has 2 saturated heterocycles. The summed E-state index contributed by atoms with van der Waals surface area (Å²) in [4.78, 5) is 13.1. The number of fused-ring (bicyclic) bond motifs is 1. The molecule has 326 valence electrons. The van der Waals surface area contributed by atoms with Crippen LogP contribution in [-0.4, -0.2) is 81.4 Å². The first-order valence-electron chi connectivity index (χ1n) is 21.4. The van der Waals surface area contributed by atoms with Crippen molar-refractivity contribution in [3.05, 3.63) is 179 Å². The maximum Gasteiger partial charge on any atom is 0.303 e. The van der Waals surface area contributed by atoms with Gasteiger partial charge in [0.25, 0.3) is 0 Å². The molecule has 0 amide bonds. The Kier molecular flexibility index (Phi) is 15.6. The van der Waals surface area contributed by atoms with Gasteiger partial charge >= 0.3 is 5.97 Å². The van der Waals surface area contributed by atoms with E-state index < -0.39 is 67.4 Å². The van der Waals surface area contributed by atoms with E-state index in [-0.39, 0.29) is 32.3 Å². The normalized spacial score (nSPS) is 28.5. The maximum absolute atomic E-state index is 13.1. The van der Waals surface area contributed by atoms with Gasteiger partial charge in [0.05, 0.1) is 51.8 Å². The van der Waals surface area contributed by atoms with Crippen LogP contribution in [0.1, 0.15) is 47.5 Å². The summed E-state index contributed by atoms with van der Waals surface area (Å²) in [5.41, 5.74) is 4.83. The first-order chi connectivity index (χ1) is 30.5. The van der Waals surface area contributed by atoms with Crippen LogP contribution in [0.2, 0.25) is 0 Å². The molecule has 0 aromatic heterocycles. The molecule has 8 rings (SSSR count). The minimum atomic E-state index is -0.878. The van der Waals surface area contributed by atoms with Crippen LogP contribution in [-0.2, 0) is 78.6 Å². The smallest absolute Gasteiger partial charge is 0.303 e. The Balaban J connectivity index is 1.14. The van der Waals surface area contributed by atoms with Crippen LogP contribution in [0, 0.1) is 5.92 Å². The lowest BCUT2D eigenvalue weighted by molar-refractivity contribution is -0.342. The van der Waals surface area contributed by atoms with Crippen molar-refractivity contribution in [3.8, 4) is 0 Å². The van der Waals surface area contributed by atoms with E-state index in [4.69, 9.17) is 47.4 Å². The molecule has 0 unspecified atom stereocenters. The molecular weight excluding hydrogens is 789 g/mol. The number of rotatable bonds is 18. The summed E-state index contributed by atoms with van der Waals surface area (Å²) >= 11 is 0. The van der Waals surface area contributed by atoms with Crippen molar-refractivity contribution in [1.29, 1.82) is 0 Å². The van der Waals surface area contributed by atoms with Crippen LogP contribution in [0.5, 0.6) is 0 Å². The summed E-state index contributed by atoms with van der Waals surface area (Å²) in [6, 6.07) is 49.6. The largest absolute Gasteiger partial charge is 0.457 e. The van der Waals surface area contributed by atoms with Crippen molar-refractivity contribution in [3.63, 3.8) is 0 Å². The molecule has 3 aliphatic rings. The van der Waals surface area contributed by atoms with Crippen LogP contribution in [0.25, 0.3) is 0 Å². The first-order valence-corrected chi connectivity index (χ1v) is 21.4. The average molecular weight is 845 g/mol. The van der Waals surface area contributed by atoms with E-state index in [2.05, 4.69) is 0 Å². The Hall–Kier alpha value is -4.79. The predicted octanol–water partition coefficient (Wildman–Crippen LogP) is 8.15. The topological polar surface area (TPSA) is 109 Å². The number of esters is 1. The summed E-state index contributed by atoms with van der Waals surface area (Å²) < 4.78 is 66.4. The summed E-state index contributed by atoms with van der Waals surface area (Å²) in [7, 11) is 1.60. The third kappa shape index (κ3) is 11.4. The highest BCUT2D eigenvalue weighted by atomic mass is 16.7. The van der Waals surface area contributed by atoms with Gasteiger partial charge in [-0.3, -0.25) is 4.79 Å². The first kappa shape index (κ1) is 43.8. The fourth-order valence-electron chi connectivity index (χ4n) is 8.52. The number of carbonyl (C=O) groups excluding carboxylic acids is 1. The molecular formula is C51H56O11. The number of methoxy groups -OCH3 is 1. The molecule has 0 spiro atoms. The monoisotopic (exact) mass is 844 g/mol. The van der Waals surface area contributed by atoms with Gasteiger partial charge in [-0.05, 0) is 28.7 Å². The molecule has 11 atom stereocenters. The second-order valence-corrected chi connectivity index (χ2v) is 15.9. The predicted molar refractivity (Wildman–Crippen MR) is 229 cm³/mol. The van der Waals surface area contributed by atoms with E-state index in [1.54, 1.807) is 7.11 Å². The third-order valence-electron chi connectivity index (χ3n) is 11.5. The van der Waals surface area contributed by atoms with E-state index in [9.17, 15) is 4.79 Å². The molecule has 2 aliphatic heterocycles. The summed E-state index contributed by atoms with van der Waals surface area (Å²) in [5, 5.41) is 0. The fourth-order valence-corrected chi connectivity index (χ4v) is 8.52. The van der Waals surface area contributed by atoms with Crippen molar-refractivity contribution in [2.75, 3.05) is 20.3 Å². The highest BCUT2D eigenvalue weighted by molar-refractivity contribution is 5.66. The van der Waals surface area contributed by atoms with Gasteiger partial charge in [0.2, 0.25) is 0 Å². The van der Waals surface area contributed by atoms with Crippen molar-refractivity contribution < 1.29 is 52.2 Å². The number of ether oxygens (including phenoxy) is 10. The van der Waals surface area contributed by atoms with Crippen LogP contribution in [0.3, 0.4) is 0 Å². The SMILES string of the molecule is CO[C@H]1O[C@H](COCc2ccccc2)[C@@H](O[C@@H]2C[C@@H]3CO[C@@H](c4ccccc4)O[C@H]3[C@H](OCc3ccccc3)[C@H]2OC(C)=O)[C@H](OCc2ccccc2)[C@H]1OCc1ccccc1. The van der Waals surface area contributed by atoms with Gasteiger partial charge in [0.1, 0.15) is 30.5 Å². The van der Waals surface area contributed by atoms with Gasteiger partial charge in [-0.15, -0.1) is 0 Å². The molecule has 11 heteroatoms. The molecule has 3 fully saturated rings. The summed E-state index contributed by atoms with van der Waals surface area (Å²) in [6.07, 6.45) is -6.78. The number of carbonyl (C=O) groups is 1. The molecule has 0 N–H and O–H groups in total. The Morgan fingerprint density at radius 2 is 1.08 bits per heavy atom. The van der Waals surface area contributed by atoms with Gasteiger partial charge in [-0.25, -0.2) is 0 Å². The van der Waals surface area contributed by atoms with Crippen molar-refractivity contribution in [2.24, 2.45) is 5.92 Å². The van der Waals surface area contributed by atoms with Gasteiger partial charge in [-0.2, -0.15) is 0 Å². The zero-order valence-corrected chi connectivity index (χ0v) is 35.2. The molecule has 1 saturated carbocycles. The molecule has 0 radical (unpaired) electrons. The fraction of sp³-hybridized carbons (Fsp3) is 0.392. The Bertz CT molecular complexity index is 2060. The molecule has 1 aliphatic carbocycles. The van der Waals surface area contributed by atoms with Crippen molar-refractivity contribution in [2.45, 2.75) is 101 Å². The Labute approximate surface area is 364 Å². The standard InChI is InChI=1S/C51H56O11/c1-35(52)59-45-42(28-41-33-58-50(40-26-16-7-17-27-40)62-44(41)47(45)55-30-37-20-10-4-11-21-37)60-46-43(34-54-29-36-18-8-3-9-19-36)61-51(53-2)49(57-32-39-24-14-6-15-25-39)48(46)56-31-38-22-12-5-13-23-38/h3-27,41-51H,28-34H2,1-2H3/t41-,42-,43-,44-,45+,46-,47+,48+,49-,50-,51+/m1/s1. The number of hydrogen-bond donors (Lipinski definition) is 0. The van der Waals surface area contributed by atoms with Gasteiger partial charge < -0.3 is 47.4 Å². The lowest BCUT2D eigenvalue weighted by Crippen LogP contribution is -2.65. The summed E-state index contributed by atoms with van der Waals surface area (Å²) in [5.74, 6) is -0.643. The van der Waals surface area contributed by atoms with Gasteiger partial charge in [-0.1, -0.05) is 152 Å². The number of benzene rings is 5. The highest BCUT2D eigenvalue weighted by Gasteiger charge is 2.55. The number of hydrogen-bond acceptors (Lipinski definition) is 11. The van der Waals surface area contributed by atoms with Crippen molar-refractivity contribution in [1.82, 2.24) is 0 Å². The lowest BCUT2D eigenvalue weighted by atomic mass is 9.79. The third-order valence-corrected chi connectivity index (χ3v) is 11.5. The van der Waals surface area contributed by atoms with Crippen LogP contribution < -0.4 is 0 Å². The van der Waals surface area contributed by atoms with Crippen molar-refractivity contribution >= 4 is 5.97 Å². The van der Waals surface area contributed by atoms with E-state index in [1.165, 1.54) is 6.92 Å². The minimum absolute atomic E-state index is 0.145. The van der Waals surface area contributed by atoms with E-state index >= 15 is 0 Å². The summed E-state index contributed by atoms with van der Waals surface area (Å²) in [6.45, 7) is 3.07. The van der Waals surface area contributed by atoms with Crippen LogP contribution >= 0.6 is 0 Å². The van der Waals surface area contributed by atoms with Crippen LogP contribution in [0.4, 0.5) is 0 Å². The van der Waals surface area contributed by atoms with E-state index in [0.29, 0.717) is 19.6 Å². The highest BCUT2D eigenvalue weighted by Crippen LogP contribution is 2.42. The molecule has 5 aromatic rings. The molecule has 62 heavy (non-hydrogen) atoms. The Morgan fingerprint density at radius 3 is 1.61 bits per heavy atom. The quantitative estimate of drug-likeness (QED) is 0.0798. The van der Waals surface area contributed by atoms with Gasteiger partial charge in [0, 0.05) is 25.5 Å².